The fourth-order valence-corrected chi connectivity index (χ4v) is 3.06. The van der Waals surface area contributed by atoms with Crippen LogP contribution in [0, 0.1) is 20.8 Å². The lowest BCUT2D eigenvalue weighted by Crippen LogP contribution is -2.20. The van der Waals surface area contributed by atoms with Crippen LogP contribution in [0.1, 0.15) is 32.6 Å². The molecule has 0 atom stereocenters. The number of carbonyl (C=O) groups excluding carboxylic acids is 2. The van der Waals surface area contributed by atoms with Gasteiger partial charge in [0.05, 0.1) is 13.3 Å². The molecule has 170 valence electrons. The first-order valence-electron chi connectivity index (χ1n) is 10.4. The first-order valence-corrected chi connectivity index (χ1v) is 10.4. The molecule has 0 fully saturated rings. The minimum atomic E-state index is -0.295. The van der Waals surface area contributed by atoms with Crippen molar-refractivity contribution in [2.45, 2.75) is 20.8 Å². The average molecular weight is 446 g/mol. The summed E-state index contributed by atoms with van der Waals surface area (Å²) in [6.45, 7) is 5.76. The predicted molar refractivity (Wildman–Crippen MR) is 129 cm³/mol. The van der Waals surface area contributed by atoms with Gasteiger partial charge in [-0.15, -0.1) is 0 Å². The molecule has 0 saturated heterocycles. The highest BCUT2D eigenvalue weighted by Crippen LogP contribution is 2.27. The van der Waals surface area contributed by atoms with Crippen LogP contribution in [0.4, 0.5) is 5.69 Å². The van der Waals surface area contributed by atoms with Gasteiger partial charge in [0, 0.05) is 11.3 Å². The van der Waals surface area contributed by atoms with Crippen LogP contribution in [0.25, 0.3) is 0 Å². The Morgan fingerprint density at radius 3 is 2.48 bits per heavy atom. The number of ether oxygens (including phenoxy) is 2. The molecule has 3 rings (SSSR count). The lowest BCUT2D eigenvalue weighted by Gasteiger charge is -2.12. The number of carbonyl (C=O) groups is 2. The summed E-state index contributed by atoms with van der Waals surface area (Å²) in [6.07, 6.45) is 1.51. The zero-order chi connectivity index (χ0) is 23.8. The Labute approximate surface area is 193 Å². The van der Waals surface area contributed by atoms with Gasteiger partial charge in [0.1, 0.15) is 0 Å². The van der Waals surface area contributed by atoms with Crippen LogP contribution >= 0.6 is 0 Å². The maximum atomic E-state index is 12.3. The number of rotatable bonds is 8. The number of hydrazone groups is 1. The summed E-state index contributed by atoms with van der Waals surface area (Å²) in [6, 6.07) is 18.1. The van der Waals surface area contributed by atoms with Crippen molar-refractivity contribution in [3.63, 3.8) is 0 Å². The molecule has 0 bridgehead atoms. The van der Waals surface area contributed by atoms with Gasteiger partial charge < -0.3 is 14.8 Å². The van der Waals surface area contributed by atoms with E-state index in [1.54, 1.807) is 30.3 Å². The summed E-state index contributed by atoms with van der Waals surface area (Å²) in [7, 11) is 1.51. The number of aryl methyl sites for hydroxylation is 3. The summed E-state index contributed by atoms with van der Waals surface area (Å²) in [5, 5.41) is 6.82. The second-order valence-electron chi connectivity index (χ2n) is 7.61. The minimum Gasteiger partial charge on any atom is -0.493 e. The van der Waals surface area contributed by atoms with E-state index < -0.39 is 0 Å². The largest absolute Gasteiger partial charge is 0.493 e. The molecule has 0 radical (unpaired) electrons. The lowest BCUT2D eigenvalue weighted by atomic mass is 10.1. The summed E-state index contributed by atoms with van der Waals surface area (Å²) < 4.78 is 11.0. The molecule has 0 aliphatic rings. The van der Waals surface area contributed by atoms with Crippen molar-refractivity contribution in [1.29, 1.82) is 0 Å². The molecular weight excluding hydrogens is 418 g/mol. The third-order valence-electron chi connectivity index (χ3n) is 5.00. The van der Waals surface area contributed by atoms with Gasteiger partial charge in [0.25, 0.3) is 11.8 Å². The van der Waals surface area contributed by atoms with Crippen molar-refractivity contribution in [3.8, 4) is 11.5 Å². The highest BCUT2D eigenvalue weighted by Gasteiger charge is 2.10. The van der Waals surface area contributed by atoms with Crippen molar-refractivity contribution in [2.75, 3.05) is 19.0 Å². The Bertz CT molecular complexity index is 1190. The molecule has 0 unspecified atom stereocenters. The molecular formula is C26H27N3O4. The highest BCUT2D eigenvalue weighted by molar-refractivity contribution is 5.95. The van der Waals surface area contributed by atoms with Gasteiger partial charge >= 0.3 is 0 Å². The topological polar surface area (TPSA) is 89.0 Å². The van der Waals surface area contributed by atoms with Crippen LogP contribution in [-0.2, 0) is 4.79 Å². The average Bonchev–Trinajstić information content (AvgIpc) is 2.80. The molecule has 33 heavy (non-hydrogen) atoms. The van der Waals surface area contributed by atoms with Crippen molar-refractivity contribution in [3.05, 3.63) is 88.5 Å². The highest BCUT2D eigenvalue weighted by atomic mass is 16.5. The smallest absolute Gasteiger partial charge is 0.271 e. The maximum absolute atomic E-state index is 12.3. The van der Waals surface area contributed by atoms with E-state index in [4.69, 9.17) is 9.47 Å². The normalized spacial score (nSPS) is 10.7. The molecule has 2 amide bonds. The summed E-state index contributed by atoms with van der Waals surface area (Å²) >= 11 is 0. The van der Waals surface area contributed by atoms with E-state index in [2.05, 4.69) is 15.8 Å². The molecule has 0 aliphatic heterocycles. The van der Waals surface area contributed by atoms with Gasteiger partial charge in [-0.05, 0) is 79.9 Å². The number of methoxy groups -OCH3 is 1. The van der Waals surface area contributed by atoms with Gasteiger partial charge in [0.2, 0.25) is 0 Å². The fraction of sp³-hybridized carbons (Fsp3) is 0.192. The summed E-state index contributed by atoms with van der Waals surface area (Å²) in [4.78, 5) is 24.4. The third-order valence-corrected chi connectivity index (χ3v) is 5.00. The fourth-order valence-electron chi connectivity index (χ4n) is 3.06. The summed E-state index contributed by atoms with van der Waals surface area (Å²) in [5.41, 5.74) is 7.71. The van der Waals surface area contributed by atoms with E-state index >= 15 is 0 Å². The van der Waals surface area contributed by atoms with E-state index in [1.165, 1.54) is 13.3 Å². The first kappa shape index (κ1) is 23.5. The van der Waals surface area contributed by atoms with Crippen LogP contribution in [0.15, 0.2) is 65.8 Å². The third kappa shape index (κ3) is 6.67. The number of anilines is 1. The lowest BCUT2D eigenvalue weighted by molar-refractivity contribution is -0.118. The van der Waals surface area contributed by atoms with E-state index in [-0.39, 0.29) is 18.4 Å². The van der Waals surface area contributed by atoms with E-state index in [1.807, 2.05) is 51.1 Å². The van der Waals surface area contributed by atoms with Crippen LogP contribution in [-0.4, -0.2) is 31.7 Å². The van der Waals surface area contributed by atoms with Crippen molar-refractivity contribution in [2.24, 2.45) is 5.10 Å². The molecule has 7 heteroatoms. The number of benzene rings is 3. The number of hydrogen-bond donors (Lipinski definition) is 2. The van der Waals surface area contributed by atoms with Gasteiger partial charge in [-0.3, -0.25) is 9.59 Å². The molecule has 3 aromatic rings. The van der Waals surface area contributed by atoms with Gasteiger partial charge in [0.15, 0.2) is 18.1 Å². The zero-order valence-corrected chi connectivity index (χ0v) is 19.1. The first-order chi connectivity index (χ1) is 15.9. The SMILES string of the molecule is COc1cc(/C=N/NC(=O)c2cccc(C)c2)ccc1OCC(=O)Nc1ccc(C)c(C)c1. The van der Waals surface area contributed by atoms with Gasteiger partial charge in [-0.1, -0.05) is 23.8 Å². The van der Waals surface area contributed by atoms with Gasteiger partial charge in [-0.2, -0.15) is 5.10 Å². The van der Waals surface area contributed by atoms with Crippen LogP contribution in [0.3, 0.4) is 0 Å². The molecule has 0 aliphatic carbocycles. The Morgan fingerprint density at radius 2 is 1.76 bits per heavy atom. The van der Waals surface area contributed by atoms with Crippen LogP contribution in [0.5, 0.6) is 11.5 Å². The van der Waals surface area contributed by atoms with Crippen LogP contribution < -0.4 is 20.2 Å². The molecule has 2 N–H and O–H groups in total. The molecule has 0 aromatic heterocycles. The standard InChI is InChI=1S/C26H27N3O4/c1-17-6-5-7-21(12-17)26(31)29-27-15-20-9-11-23(24(14-20)32-4)33-16-25(30)28-22-10-8-18(2)19(3)13-22/h5-15H,16H2,1-4H3,(H,28,30)(H,29,31)/b27-15+. The Balaban J connectivity index is 1.57. The quantitative estimate of drug-likeness (QED) is 0.397. The number of nitrogens with zero attached hydrogens (tertiary/aromatic N) is 1. The summed E-state index contributed by atoms with van der Waals surface area (Å²) in [5.74, 6) is 0.304. The number of hydrogen-bond acceptors (Lipinski definition) is 5. The van der Waals surface area contributed by atoms with E-state index in [0.717, 1.165) is 22.4 Å². The van der Waals surface area contributed by atoms with Crippen molar-refractivity contribution >= 4 is 23.7 Å². The molecule has 0 heterocycles. The molecule has 0 spiro atoms. The molecule has 0 saturated carbocycles. The zero-order valence-electron chi connectivity index (χ0n) is 19.1. The van der Waals surface area contributed by atoms with Crippen molar-refractivity contribution < 1.29 is 19.1 Å². The van der Waals surface area contributed by atoms with Crippen molar-refractivity contribution in [1.82, 2.24) is 5.43 Å². The Hall–Kier alpha value is -4.13. The predicted octanol–water partition coefficient (Wildman–Crippen LogP) is 4.40. The number of amides is 2. The Morgan fingerprint density at radius 1 is 0.939 bits per heavy atom. The second kappa shape index (κ2) is 10.9. The minimum absolute atomic E-state index is 0.163. The number of nitrogens with one attached hydrogen (secondary N) is 2. The monoisotopic (exact) mass is 445 g/mol. The molecule has 7 nitrogen and oxygen atoms in total. The Kier molecular flexibility index (Phi) is 7.81. The van der Waals surface area contributed by atoms with Crippen LogP contribution in [0.2, 0.25) is 0 Å². The second-order valence-corrected chi connectivity index (χ2v) is 7.61. The molecule has 3 aromatic carbocycles. The van der Waals surface area contributed by atoms with Gasteiger partial charge in [-0.25, -0.2) is 5.43 Å². The maximum Gasteiger partial charge on any atom is 0.271 e. The van der Waals surface area contributed by atoms with E-state index in [9.17, 15) is 9.59 Å². The van der Waals surface area contributed by atoms with E-state index in [0.29, 0.717) is 22.6 Å².